The van der Waals surface area contributed by atoms with E-state index in [1.165, 1.54) is 0 Å². The fourth-order valence-electron chi connectivity index (χ4n) is 2.04. The minimum atomic E-state index is -4.54. The monoisotopic (exact) mass is 358 g/mol. The highest BCUT2D eigenvalue weighted by Gasteiger charge is 2.33. The third kappa shape index (κ3) is 5.35. The lowest BCUT2D eigenvalue weighted by molar-refractivity contribution is -0.141. The van der Waals surface area contributed by atoms with Crippen LogP contribution < -0.4 is 5.32 Å². The number of hydrogen-bond donors (Lipinski definition) is 1. The second kappa shape index (κ2) is 7.81. The Morgan fingerprint density at radius 3 is 2.38 bits per heavy atom. The minimum absolute atomic E-state index is 0.0338. The zero-order valence-electron chi connectivity index (χ0n) is 13.4. The van der Waals surface area contributed by atoms with Crippen LogP contribution in [0.15, 0.2) is 30.3 Å². The molecule has 2 rings (SSSR count). The molecular weight excluding hydrogens is 341 g/mol. The Morgan fingerprint density at radius 2 is 1.79 bits per heavy atom. The first-order valence-corrected chi connectivity index (χ1v) is 7.74. The summed E-state index contributed by atoms with van der Waals surface area (Å²) in [5.41, 5.74) is -0.231. The maximum atomic E-state index is 13.1. The van der Waals surface area contributed by atoms with Crippen LogP contribution >= 0.6 is 11.6 Å². The fourth-order valence-corrected chi connectivity index (χ4v) is 2.16. The third-order valence-electron chi connectivity index (χ3n) is 3.22. The highest BCUT2D eigenvalue weighted by atomic mass is 35.5. The van der Waals surface area contributed by atoms with Gasteiger partial charge in [0.25, 0.3) is 0 Å². The van der Waals surface area contributed by atoms with Crippen molar-refractivity contribution in [1.82, 2.24) is 14.9 Å². The summed E-state index contributed by atoms with van der Waals surface area (Å²) < 4.78 is 39.2. The van der Waals surface area contributed by atoms with Gasteiger partial charge in [-0.1, -0.05) is 23.7 Å². The molecule has 0 spiro atoms. The first-order valence-electron chi connectivity index (χ1n) is 7.36. The molecular formula is C16H18ClF3N4. The van der Waals surface area contributed by atoms with Crippen LogP contribution in [0.3, 0.4) is 0 Å². The number of aromatic nitrogens is 2. The summed E-state index contributed by atoms with van der Waals surface area (Å²) in [4.78, 5) is 9.76. The van der Waals surface area contributed by atoms with Crippen molar-refractivity contribution in [2.24, 2.45) is 0 Å². The summed E-state index contributed by atoms with van der Waals surface area (Å²) in [5.74, 6) is -0.0338. The fraction of sp³-hybridized carbons (Fsp3) is 0.375. The first kappa shape index (κ1) is 18.5. The molecule has 4 nitrogen and oxygen atoms in total. The molecule has 0 saturated heterocycles. The van der Waals surface area contributed by atoms with Crippen LogP contribution in [-0.2, 0) is 6.18 Å². The molecule has 0 bridgehead atoms. The molecule has 1 aromatic carbocycles. The van der Waals surface area contributed by atoms with Gasteiger partial charge in [-0.2, -0.15) is 13.2 Å². The van der Waals surface area contributed by atoms with Gasteiger partial charge in [0, 0.05) is 17.1 Å². The van der Waals surface area contributed by atoms with Crippen LogP contribution in [0.2, 0.25) is 5.02 Å². The van der Waals surface area contributed by atoms with Gasteiger partial charge in [0.2, 0.25) is 5.95 Å². The van der Waals surface area contributed by atoms with Crippen molar-refractivity contribution in [2.45, 2.75) is 12.6 Å². The minimum Gasteiger partial charge on any atom is -0.354 e. The van der Waals surface area contributed by atoms with E-state index in [-0.39, 0.29) is 11.6 Å². The Balaban J connectivity index is 2.26. The Kier molecular flexibility index (Phi) is 6.01. The summed E-state index contributed by atoms with van der Waals surface area (Å²) in [6, 6.07) is 7.41. The van der Waals surface area contributed by atoms with Gasteiger partial charge in [-0.15, -0.1) is 0 Å². The molecule has 24 heavy (non-hydrogen) atoms. The van der Waals surface area contributed by atoms with E-state index < -0.39 is 11.9 Å². The number of alkyl halides is 3. The van der Waals surface area contributed by atoms with Gasteiger partial charge in [0.05, 0.1) is 5.69 Å². The summed E-state index contributed by atoms with van der Waals surface area (Å²) in [6.07, 6.45) is -3.77. The topological polar surface area (TPSA) is 41.0 Å². The van der Waals surface area contributed by atoms with E-state index in [9.17, 15) is 13.2 Å². The highest BCUT2D eigenvalue weighted by molar-refractivity contribution is 6.30. The summed E-state index contributed by atoms with van der Waals surface area (Å²) in [5, 5.41) is 3.36. The zero-order chi connectivity index (χ0) is 17.7. The predicted octanol–water partition coefficient (Wildman–Crippen LogP) is 4.18. The SMILES string of the molecule is CN(C)CCCNc1nc(-c2ccc(Cl)cc2)cc(C(F)(F)F)n1. The molecule has 1 heterocycles. The largest absolute Gasteiger partial charge is 0.433 e. The third-order valence-corrected chi connectivity index (χ3v) is 3.47. The molecule has 0 atom stereocenters. The molecule has 0 aliphatic carbocycles. The molecule has 0 radical (unpaired) electrons. The smallest absolute Gasteiger partial charge is 0.354 e. The molecule has 0 unspecified atom stereocenters. The number of hydrogen-bond acceptors (Lipinski definition) is 4. The second-order valence-electron chi connectivity index (χ2n) is 5.55. The van der Waals surface area contributed by atoms with Crippen molar-refractivity contribution in [3.05, 3.63) is 41.0 Å². The van der Waals surface area contributed by atoms with Crippen molar-refractivity contribution >= 4 is 17.5 Å². The van der Waals surface area contributed by atoms with E-state index in [1.54, 1.807) is 24.3 Å². The average molecular weight is 359 g/mol. The van der Waals surface area contributed by atoms with E-state index in [1.807, 2.05) is 19.0 Å². The van der Waals surface area contributed by atoms with Gasteiger partial charge >= 0.3 is 6.18 Å². The average Bonchev–Trinajstić information content (AvgIpc) is 2.51. The molecule has 0 amide bonds. The van der Waals surface area contributed by atoms with Crippen LogP contribution in [-0.4, -0.2) is 42.1 Å². The van der Waals surface area contributed by atoms with Crippen LogP contribution in [0.5, 0.6) is 0 Å². The lowest BCUT2D eigenvalue weighted by Gasteiger charge is -2.13. The Hall–Kier alpha value is -1.86. The molecule has 8 heteroatoms. The van der Waals surface area contributed by atoms with Crippen LogP contribution in [0, 0.1) is 0 Å². The molecule has 0 aliphatic rings. The number of nitrogens with zero attached hydrogens (tertiary/aromatic N) is 3. The van der Waals surface area contributed by atoms with Gasteiger partial charge in [-0.25, -0.2) is 9.97 Å². The van der Waals surface area contributed by atoms with E-state index in [0.717, 1.165) is 19.0 Å². The number of benzene rings is 1. The van der Waals surface area contributed by atoms with Crippen molar-refractivity contribution in [3.63, 3.8) is 0 Å². The maximum Gasteiger partial charge on any atom is 0.433 e. The van der Waals surface area contributed by atoms with Crippen LogP contribution in [0.25, 0.3) is 11.3 Å². The number of halogens is 4. The Morgan fingerprint density at radius 1 is 1.12 bits per heavy atom. The van der Waals surface area contributed by atoms with Crippen molar-refractivity contribution in [1.29, 1.82) is 0 Å². The van der Waals surface area contributed by atoms with E-state index >= 15 is 0 Å². The van der Waals surface area contributed by atoms with Gasteiger partial charge in [0.1, 0.15) is 0 Å². The number of nitrogens with one attached hydrogen (secondary N) is 1. The molecule has 0 saturated carbocycles. The summed E-state index contributed by atoms with van der Waals surface area (Å²) in [6.45, 7) is 1.30. The number of anilines is 1. The predicted molar refractivity (Wildman–Crippen MR) is 89.1 cm³/mol. The lowest BCUT2D eigenvalue weighted by atomic mass is 10.1. The summed E-state index contributed by atoms with van der Waals surface area (Å²) in [7, 11) is 3.86. The number of rotatable bonds is 6. The Labute approximate surface area is 143 Å². The van der Waals surface area contributed by atoms with E-state index in [4.69, 9.17) is 11.6 Å². The lowest BCUT2D eigenvalue weighted by Crippen LogP contribution is -2.18. The van der Waals surface area contributed by atoms with Crippen molar-refractivity contribution in [2.75, 3.05) is 32.5 Å². The molecule has 0 fully saturated rings. The highest BCUT2D eigenvalue weighted by Crippen LogP contribution is 2.31. The Bertz CT molecular complexity index is 672. The van der Waals surface area contributed by atoms with Crippen LogP contribution in [0.1, 0.15) is 12.1 Å². The van der Waals surface area contributed by atoms with Gasteiger partial charge in [0.15, 0.2) is 5.69 Å². The van der Waals surface area contributed by atoms with Gasteiger partial charge in [-0.05, 0) is 45.3 Å². The molecule has 2 aromatic rings. The molecule has 0 aliphatic heterocycles. The van der Waals surface area contributed by atoms with Gasteiger partial charge < -0.3 is 10.2 Å². The quantitative estimate of drug-likeness (QED) is 0.786. The van der Waals surface area contributed by atoms with E-state index in [0.29, 0.717) is 17.1 Å². The van der Waals surface area contributed by atoms with Crippen molar-refractivity contribution in [3.8, 4) is 11.3 Å². The van der Waals surface area contributed by atoms with Gasteiger partial charge in [-0.3, -0.25) is 0 Å². The molecule has 1 aromatic heterocycles. The maximum absolute atomic E-state index is 13.1. The van der Waals surface area contributed by atoms with Crippen molar-refractivity contribution < 1.29 is 13.2 Å². The summed E-state index contributed by atoms with van der Waals surface area (Å²) >= 11 is 5.82. The first-order chi connectivity index (χ1) is 11.3. The molecule has 130 valence electrons. The van der Waals surface area contributed by atoms with E-state index in [2.05, 4.69) is 15.3 Å². The zero-order valence-corrected chi connectivity index (χ0v) is 14.1. The van der Waals surface area contributed by atoms with Crippen LogP contribution in [0.4, 0.5) is 19.1 Å². The normalized spacial score (nSPS) is 11.8. The molecule has 1 N–H and O–H groups in total. The standard InChI is InChI=1S/C16H18ClF3N4/c1-24(2)9-3-8-21-15-22-13(10-14(23-15)16(18,19)20)11-4-6-12(17)7-5-11/h4-7,10H,3,8-9H2,1-2H3,(H,21,22,23). The second-order valence-corrected chi connectivity index (χ2v) is 5.99.